The fourth-order valence-corrected chi connectivity index (χ4v) is 6.25. The summed E-state index contributed by atoms with van der Waals surface area (Å²) < 4.78 is 0. The molecule has 3 aliphatic rings. The van der Waals surface area contributed by atoms with Gasteiger partial charge in [0.05, 0.1) is 11.6 Å². The number of phenols is 1. The van der Waals surface area contributed by atoms with Crippen LogP contribution in [-0.4, -0.2) is 68.5 Å². The summed E-state index contributed by atoms with van der Waals surface area (Å²) in [5, 5.41) is 45.0. The first-order valence-corrected chi connectivity index (χ1v) is 12.6. The fourth-order valence-electron chi connectivity index (χ4n) is 6.00. The summed E-state index contributed by atoms with van der Waals surface area (Å²) in [4.78, 5) is 40.6. The van der Waals surface area contributed by atoms with E-state index in [9.17, 15) is 34.8 Å². The number of ketones is 2. The Bertz CT molecular complexity index is 1300. The van der Waals surface area contributed by atoms with Gasteiger partial charge in [-0.15, -0.1) is 0 Å². The molecule has 0 bridgehead atoms. The molecule has 10 heteroatoms. The van der Waals surface area contributed by atoms with Crippen molar-refractivity contribution in [3.8, 4) is 5.75 Å². The molecule has 37 heavy (non-hydrogen) atoms. The van der Waals surface area contributed by atoms with Crippen molar-refractivity contribution in [1.29, 1.82) is 0 Å². The predicted molar refractivity (Wildman–Crippen MR) is 137 cm³/mol. The van der Waals surface area contributed by atoms with Gasteiger partial charge in [-0.05, 0) is 69.0 Å². The number of fused-ring (bicyclic) bond motifs is 3. The highest BCUT2D eigenvalue weighted by Crippen LogP contribution is 2.52. The number of rotatable bonds is 6. The molecule has 9 nitrogen and oxygen atoms in total. The third kappa shape index (κ3) is 4.05. The van der Waals surface area contributed by atoms with Crippen LogP contribution in [-0.2, 0) is 16.0 Å². The number of benzene rings is 1. The summed E-state index contributed by atoms with van der Waals surface area (Å²) in [6.45, 7) is 2.05. The number of amides is 1. The van der Waals surface area contributed by atoms with Crippen LogP contribution in [0.15, 0.2) is 39.8 Å². The van der Waals surface area contributed by atoms with E-state index < -0.39 is 58.0 Å². The van der Waals surface area contributed by atoms with E-state index in [1.54, 1.807) is 26.2 Å². The van der Waals surface area contributed by atoms with Gasteiger partial charge in [0, 0.05) is 16.5 Å². The Balaban J connectivity index is 1.90. The van der Waals surface area contributed by atoms with Crippen molar-refractivity contribution in [3.05, 3.63) is 56.5 Å². The second kappa shape index (κ2) is 9.63. The van der Waals surface area contributed by atoms with Crippen LogP contribution in [0.25, 0.3) is 6.08 Å². The second-order valence-corrected chi connectivity index (χ2v) is 10.7. The first kappa shape index (κ1) is 26.9. The largest absolute Gasteiger partial charge is 0.510 e. The normalized spacial score (nSPS) is 27.8. The van der Waals surface area contributed by atoms with Crippen molar-refractivity contribution in [2.75, 3.05) is 14.1 Å². The summed E-state index contributed by atoms with van der Waals surface area (Å²) in [5.41, 5.74) is 2.85. The smallest absolute Gasteiger partial charge is 0.255 e. The average Bonchev–Trinajstić information content (AvgIpc) is 2.81. The zero-order valence-corrected chi connectivity index (χ0v) is 21.7. The van der Waals surface area contributed by atoms with E-state index in [4.69, 9.17) is 17.3 Å². The zero-order chi connectivity index (χ0) is 27.4. The quantitative estimate of drug-likeness (QED) is 0.351. The highest BCUT2D eigenvalue weighted by Gasteiger charge is 2.63. The van der Waals surface area contributed by atoms with Gasteiger partial charge in [-0.25, -0.2) is 0 Å². The molecule has 1 amide bonds. The molecule has 198 valence electrons. The zero-order valence-electron chi connectivity index (χ0n) is 20.9. The molecular formula is C27H31ClN2O7. The number of primary amides is 1. The van der Waals surface area contributed by atoms with Crippen LogP contribution in [0.3, 0.4) is 0 Å². The van der Waals surface area contributed by atoms with E-state index in [1.807, 2.05) is 6.92 Å². The highest BCUT2D eigenvalue weighted by molar-refractivity contribution is 6.31. The number of aliphatic hydroxyl groups is 3. The SMILES string of the molecule is CCCC/C(Cl)=C/c1ccc(O)c2c1C[C@H]1C[C@H]3[C@H](N(C)C)C(O)=C(C(N)=O)C(=O)[C@@]3(O)C(O)=C1C2=O. The monoisotopic (exact) mass is 530 g/mol. The summed E-state index contributed by atoms with van der Waals surface area (Å²) >= 11 is 6.43. The van der Waals surface area contributed by atoms with Crippen LogP contribution in [0.4, 0.5) is 0 Å². The third-order valence-electron chi connectivity index (χ3n) is 7.72. The molecule has 0 aromatic heterocycles. The number of nitrogens with zero attached hydrogens (tertiary/aromatic N) is 1. The number of phenolic OH excluding ortho intramolecular Hbond substituents is 1. The van der Waals surface area contributed by atoms with E-state index in [1.165, 1.54) is 11.0 Å². The molecule has 0 heterocycles. The van der Waals surface area contributed by atoms with Gasteiger partial charge in [-0.3, -0.25) is 19.3 Å². The lowest BCUT2D eigenvalue weighted by Gasteiger charge is -2.50. The van der Waals surface area contributed by atoms with Crippen LogP contribution in [0.5, 0.6) is 5.75 Å². The maximum absolute atomic E-state index is 13.7. The minimum atomic E-state index is -2.65. The maximum atomic E-state index is 13.7. The van der Waals surface area contributed by atoms with E-state index in [2.05, 4.69) is 0 Å². The van der Waals surface area contributed by atoms with Gasteiger partial charge in [-0.2, -0.15) is 0 Å². The minimum absolute atomic E-state index is 0.0329. The van der Waals surface area contributed by atoms with Gasteiger partial charge in [0.15, 0.2) is 11.4 Å². The number of carbonyl (C=O) groups is 3. The molecule has 3 aliphatic carbocycles. The molecular weight excluding hydrogens is 500 g/mol. The Morgan fingerprint density at radius 2 is 1.92 bits per heavy atom. The summed E-state index contributed by atoms with van der Waals surface area (Å²) in [6, 6.07) is 2.01. The Kier molecular flexibility index (Phi) is 7.00. The minimum Gasteiger partial charge on any atom is -0.510 e. The number of allylic oxidation sites excluding steroid dienone is 2. The van der Waals surface area contributed by atoms with E-state index in [0.29, 0.717) is 22.6 Å². The molecule has 0 spiro atoms. The van der Waals surface area contributed by atoms with Gasteiger partial charge in [0.1, 0.15) is 22.8 Å². The van der Waals surface area contributed by atoms with Gasteiger partial charge >= 0.3 is 0 Å². The molecule has 0 radical (unpaired) electrons. The number of carbonyl (C=O) groups excluding carboxylic acids is 3. The number of nitrogens with two attached hydrogens (primary N) is 1. The van der Waals surface area contributed by atoms with Crippen LogP contribution < -0.4 is 5.73 Å². The molecule has 4 rings (SSSR count). The van der Waals surface area contributed by atoms with Gasteiger partial charge in [0.2, 0.25) is 5.78 Å². The molecule has 0 unspecified atom stereocenters. The number of halogens is 1. The van der Waals surface area contributed by atoms with Gasteiger partial charge < -0.3 is 26.2 Å². The Morgan fingerprint density at radius 3 is 2.51 bits per heavy atom. The van der Waals surface area contributed by atoms with E-state index in [-0.39, 0.29) is 29.7 Å². The van der Waals surface area contributed by atoms with Crippen molar-refractivity contribution in [1.82, 2.24) is 4.90 Å². The third-order valence-corrected chi connectivity index (χ3v) is 8.02. The average molecular weight is 531 g/mol. The molecule has 1 aromatic rings. The van der Waals surface area contributed by atoms with Crippen molar-refractivity contribution in [3.63, 3.8) is 0 Å². The Labute approximate surface area is 219 Å². The summed E-state index contributed by atoms with van der Waals surface area (Å²) in [5.74, 6) is -6.71. The molecule has 0 saturated heterocycles. The molecule has 1 aromatic carbocycles. The lowest BCUT2D eigenvalue weighted by molar-refractivity contribution is -0.148. The van der Waals surface area contributed by atoms with Crippen LogP contribution >= 0.6 is 11.6 Å². The van der Waals surface area contributed by atoms with Crippen molar-refractivity contribution < 1.29 is 34.8 Å². The van der Waals surface area contributed by atoms with Crippen LogP contribution in [0.1, 0.15) is 54.1 Å². The van der Waals surface area contributed by atoms with Gasteiger partial charge in [-0.1, -0.05) is 31.0 Å². The Morgan fingerprint density at radius 1 is 1.24 bits per heavy atom. The molecule has 0 aliphatic heterocycles. The highest BCUT2D eigenvalue weighted by atomic mass is 35.5. The number of hydrogen-bond donors (Lipinski definition) is 5. The summed E-state index contributed by atoms with van der Waals surface area (Å²) in [6.07, 6.45) is 4.52. The predicted octanol–water partition coefficient (Wildman–Crippen LogP) is 2.89. The number of Topliss-reactive ketones (excluding diaryl/α,β-unsaturated/α-hetero) is 2. The molecule has 6 N–H and O–H groups in total. The lowest BCUT2D eigenvalue weighted by atomic mass is 9.58. The van der Waals surface area contributed by atoms with Gasteiger partial charge in [0.25, 0.3) is 5.91 Å². The number of hydrogen-bond acceptors (Lipinski definition) is 8. The maximum Gasteiger partial charge on any atom is 0.255 e. The van der Waals surface area contributed by atoms with E-state index >= 15 is 0 Å². The number of likely N-dealkylation sites (N-methyl/N-ethyl adjacent to an activating group) is 1. The van der Waals surface area contributed by atoms with Crippen LogP contribution in [0, 0.1) is 11.8 Å². The first-order chi connectivity index (χ1) is 17.4. The first-order valence-electron chi connectivity index (χ1n) is 12.2. The summed E-state index contributed by atoms with van der Waals surface area (Å²) in [7, 11) is 3.18. The van der Waals surface area contributed by atoms with E-state index in [0.717, 1.165) is 12.8 Å². The molecule has 0 saturated carbocycles. The van der Waals surface area contributed by atoms with Crippen molar-refractivity contribution >= 4 is 35.2 Å². The fraction of sp³-hybridized carbons (Fsp3) is 0.444. The number of unbranched alkanes of at least 4 members (excludes halogenated alkanes) is 1. The number of aliphatic hydroxyl groups excluding tert-OH is 2. The lowest BCUT2D eigenvalue weighted by Crippen LogP contribution is -2.63. The standard InChI is InChI=1S/C27H31ClN2O7/c1-4-5-6-14(28)9-12-7-8-17(31)19-15(12)10-13-11-16-21(30(2)3)23(33)20(26(29)36)25(35)27(16,37)24(34)18(13)22(19)32/h7-9,13,16,21,31,33-34,37H,4-6,10-11H2,1-3H3,(H2,29,36)/b14-9-/t13-,16-,21-,27-/m0/s1. The van der Waals surface area contributed by atoms with Crippen molar-refractivity contribution in [2.24, 2.45) is 17.6 Å². The Hall–Kier alpha value is -3.14. The molecule has 4 atom stereocenters. The second-order valence-electron chi connectivity index (χ2n) is 10.2. The van der Waals surface area contributed by atoms with Crippen molar-refractivity contribution in [2.45, 2.75) is 50.7 Å². The topological polar surface area (TPSA) is 161 Å². The molecule has 0 fully saturated rings. The van der Waals surface area contributed by atoms with Crippen LogP contribution in [0.2, 0.25) is 0 Å². The number of aromatic hydroxyl groups is 1.